The van der Waals surface area contributed by atoms with Crippen molar-refractivity contribution < 1.29 is 9.59 Å². The summed E-state index contributed by atoms with van der Waals surface area (Å²) in [4.78, 5) is 24.2. The van der Waals surface area contributed by atoms with E-state index < -0.39 is 0 Å². The first-order chi connectivity index (χ1) is 11.4. The number of fused-ring (bicyclic) bond motifs is 5. The summed E-state index contributed by atoms with van der Waals surface area (Å²) in [5.41, 5.74) is 0.245. The molecule has 0 bridgehead atoms. The van der Waals surface area contributed by atoms with Gasteiger partial charge >= 0.3 is 0 Å². The summed E-state index contributed by atoms with van der Waals surface area (Å²) in [6.45, 7) is 4.71. The van der Waals surface area contributed by atoms with Crippen LogP contribution in [0.4, 0.5) is 0 Å². The van der Waals surface area contributed by atoms with Crippen LogP contribution in [0, 0.1) is 34.5 Å². The molecular weight excluding hydrogens is 300 g/mol. The van der Waals surface area contributed by atoms with E-state index in [1.807, 2.05) is 0 Å². The van der Waals surface area contributed by atoms with Gasteiger partial charge in [-0.15, -0.1) is 0 Å². The maximum absolute atomic E-state index is 12.4. The van der Waals surface area contributed by atoms with Crippen LogP contribution >= 0.6 is 0 Å². The first-order valence-corrected chi connectivity index (χ1v) is 9.61. The van der Waals surface area contributed by atoms with E-state index in [-0.39, 0.29) is 34.6 Å². The van der Waals surface area contributed by atoms with E-state index in [0.717, 1.165) is 19.3 Å². The van der Waals surface area contributed by atoms with Gasteiger partial charge in [0.1, 0.15) is 0 Å². The lowest BCUT2D eigenvalue weighted by atomic mass is 9.48. The summed E-state index contributed by atoms with van der Waals surface area (Å²) in [6, 6.07) is 0.289. The highest BCUT2D eigenvalue weighted by Gasteiger charge is 2.60. The van der Waals surface area contributed by atoms with Gasteiger partial charge in [0.25, 0.3) is 0 Å². The van der Waals surface area contributed by atoms with Gasteiger partial charge in [-0.3, -0.25) is 9.59 Å². The molecule has 3 saturated carbocycles. The Morgan fingerprint density at radius 2 is 1.96 bits per heavy atom. The molecule has 132 valence electrons. The molecule has 7 unspecified atom stereocenters. The molecule has 0 spiro atoms. The molecule has 7 atom stereocenters. The molecule has 4 aliphatic rings. The predicted octanol–water partition coefficient (Wildman–Crippen LogP) is 2.65. The summed E-state index contributed by atoms with van der Waals surface area (Å²) in [6.07, 6.45) is 10.8. The molecule has 0 saturated heterocycles. The van der Waals surface area contributed by atoms with E-state index in [1.54, 1.807) is 13.1 Å². The largest absolute Gasteiger partial charge is 0.359 e. The fraction of sp³-hybridized carbons (Fsp3) is 0.800. The number of rotatable bonds is 1. The smallest absolute Gasteiger partial charge is 0.243 e. The number of carbonyl (C=O) groups is 2. The van der Waals surface area contributed by atoms with Gasteiger partial charge in [0.15, 0.2) is 0 Å². The van der Waals surface area contributed by atoms with Crippen molar-refractivity contribution in [3.8, 4) is 0 Å². The number of nitrogens with one attached hydrogen (secondary N) is 2. The molecule has 3 fully saturated rings. The Morgan fingerprint density at radius 3 is 2.71 bits per heavy atom. The molecule has 0 aromatic carbocycles. The zero-order chi connectivity index (χ0) is 17.1. The van der Waals surface area contributed by atoms with Crippen LogP contribution in [0.15, 0.2) is 12.2 Å². The minimum absolute atomic E-state index is 0.0668. The SMILES string of the molecule is CNC(=O)C1CCC2C3CCC4NC(=O)C=CC4(C)C3CCC12C. The number of hydrogen-bond acceptors (Lipinski definition) is 2. The van der Waals surface area contributed by atoms with E-state index in [0.29, 0.717) is 17.8 Å². The molecule has 1 heterocycles. The van der Waals surface area contributed by atoms with E-state index in [9.17, 15) is 9.59 Å². The highest BCUT2D eigenvalue weighted by Crippen LogP contribution is 2.64. The Kier molecular flexibility index (Phi) is 3.59. The van der Waals surface area contributed by atoms with E-state index in [4.69, 9.17) is 0 Å². The van der Waals surface area contributed by atoms with Crippen molar-refractivity contribution in [2.75, 3.05) is 7.05 Å². The van der Waals surface area contributed by atoms with Crippen LogP contribution in [-0.2, 0) is 9.59 Å². The van der Waals surface area contributed by atoms with Gasteiger partial charge in [-0.25, -0.2) is 0 Å². The molecule has 0 radical (unpaired) electrons. The molecule has 0 aromatic heterocycles. The van der Waals surface area contributed by atoms with Crippen molar-refractivity contribution in [1.82, 2.24) is 10.6 Å². The van der Waals surface area contributed by atoms with Crippen LogP contribution in [-0.4, -0.2) is 24.9 Å². The molecular formula is C20H30N2O2. The van der Waals surface area contributed by atoms with Crippen molar-refractivity contribution >= 4 is 11.8 Å². The van der Waals surface area contributed by atoms with Crippen molar-refractivity contribution in [3.05, 3.63) is 12.2 Å². The van der Waals surface area contributed by atoms with Crippen molar-refractivity contribution in [3.63, 3.8) is 0 Å². The normalized spacial score (nSPS) is 49.6. The molecule has 2 amide bonds. The van der Waals surface area contributed by atoms with Gasteiger partial charge in [-0.1, -0.05) is 19.9 Å². The van der Waals surface area contributed by atoms with Crippen LogP contribution in [0.25, 0.3) is 0 Å². The van der Waals surface area contributed by atoms with Crippen molar-refractivity contribution in [1.29, 1.82) is 0 Å². The number of hydrogen-bond donors (Lipinski definition) is 2. The van der Waals surface area contributed by atoms with Gasteiger partial charge in [0.05, 0.1) is 0 Å². The molecule has 2 N–H and O–H groups in total. The second kappa shape index (κ2) is 5.34. The third-order valence-corrected chi connectivity index (χ3v) is 8.25. The Hall–Kier alpha value is -1.32. The fourth-order valence-corrected chi connectivity index (χ4v) is 6.94. The minimum atomic E-state index is 0.0668. The maximum atomic E-state index is 12.4. The summed E-state index contributed by atoms with van der Waals surface area (Å²) in [7, 11) is 1.77. The first kappa shape index (κ1) is 16.2. The minimum Gasteiger partial charge on any atom is -0.359 e. The second-order valence-corrected chi connectivity index (χ2v) is 9.00. The van der Waals surface area contributed by atoms with E-state index in [1.165, 1.54) is 19.3 Å². The molecule has 4 rings (SSSR count). The Morgan fingerprint density at radius 1 is 1.17 bits per heavy atom. The van der Waals surface area contributed by atoms with Gasteiger partial charge in [0.2, 0.25) is 11.8 Å². The molecule has 24 heavy (non-hydrogen) atoms. The third-order valence-electron chi connectivity index (χ3n) is 8.25. The van der Waals surface area contributed by atoms with Crippen LogP contribution in [0.1, 0.15) is 52.4 Å². The standard InChI is InChI=1S/C20H30N2O2/c1-19-10-8-14-12(13(19)5-6-15(19)18(24)21-3)4-7-16-20(14,2)11-9-17(23)22-16/h9,11-16H,4-8,10H2,1-3H3,(H,21,24)(H,22,23). The molecule has 1 aliphatic heterocycles. The monoisotopic (exact) mass is 330 g/mol. The summed E-state index contributed by atoms with van der Waals surface area (Å²) in [5.74, 6) is 2.47. The maximum Gasteiger partial charge on any atom is 0.243 e. The lowest BCUT2D eigenvalue weighted by Crippen LogP contribution is -2.59. The van der Waals surface area contributed by atoms with Gasteiger partial charge < -0.3 is 10.6 Å². The quantitative estimate of drug-likeness (QED) is 0.776. The first-order valence-electron chi connectivity index (χ1n) is 9.61. The average Bonchev–Trinajstić information content (AvgIpc) is 2.92. The topological polar surface area (TPSA) is 58.2 Å². The molecule has 3 aliphatic carbocycles. The molecule has 0 aromatic rings. The highest BCUT2D eigenvalue weighted by molar-refractivity contribution is 5.89. The van der Waals surface area contributed by atoms with Gasteiger partial charge in [-0.2, -0.15) is 0 Å². The number of amides is 2. The highest BCUT2D eigenvalue weighted by atomic mass is 16.2. The van der Waals surface area contributed by atoms with Crippen LogP contribution < -0.4 is 10.6 Å². The van der Waals surface area contributed by atoms with Gasteiger partial charge in [-0.05, 0) is 67.8 Å². The zero-order valence-electron chi connectivity index (χ0n) is 15.1. The Bertz CT molecular complexity index is 600. The zero-order valence-corrected chi connectivity index (χ0v) is 15.1. The average molecular weight is 330 g/mol. The fourth-order valence-electron chi connectivity index (χ4n) is 6.94. The lowest BCUT2D eigenvalue weighted by Gasteiger charge is -2.58. The lowest BCUT2D eigenvalue weighted by molar-refractivity contribution is -0.133. The Balaban J connectivity index is 1.64. The van der Waals surface area contributed by atoms with Crippen molar-refractivity contribution in [2.24, 2.45) is 34.5 Å². The third kappa shape index (κ3) is 2.04. The van der Waals surface area contributed by atoms with Crippen LogP contribution in [0.3, 0.4) is 0 Å². The number of carbonyl (C=O) groups excluding carboxylic acids is 2. The van der Waals surface area contributed by atoms with Crippen LogP contribution in [0.5, 0.6) is 0 Å². The summed E-state index contributed by atoms with van der Waals surface area (Å²) < 4.78 is 0. The second-order valence-electron chi connectivity index (χ2n) is 9.00. The molecule has 4 nitrogen and oxygen atoms in total. The summed E-state index contributed by atoms with van der Waals surface area (Å²) >= 11 is 0. The van der Waals surface area contributed by atoms with E-state index >= 15 is 0 Å². The van der Waals surface area contributed by atoms with Crippen molar-refractivity contribution in [2.45, 2.75) is 58.4 Å². The predicted molar refractivity (Wildman–Crippen MR) is 93.0 cm³/mol. The van der Waals surface area contributed by atoms with Crippen LogP contribution in [0.2, 0.25) is 0 Å². The van der Waals surface area contributed by atoms with E-state index in [2.05, 4.69) is 30.6 Å². The molecule has 4 heteroatoms. The Labute approximate surface area is 144 Å². The summed E-state index contributed by atoms with van der Waals surface area (Å²) in [5, 5.41) is 6.10. The van der Waals surface area contributed by atoms with Gasteiger partial charge in [0, 0.05) is 24.4 Å².